The van der Waals surface area contributed by atoms with Crippen LogP contribution in [0.1, 0.15) is 44.7 Å². The van der Waals surface area contributed by atoms with Crippen LogP contribution < -0.4 is 0 Å². The first-order valence-corrected chi connectivity index (χ1v) is 8.25. The highest BCUT2D eigenvalue weighted by atomic mass is 16.2. The summed E-state index contributed by atoms with van der Waals surface area (Å²) in [6, 6.07) is 6.85. The Morgan fingerprint density at radius 3 is 2.73 bits per heavy atom. The smallest absolute Gasteiger partial charge is 0.222 e. The Labute approximate surface area is 132 Å². The normalized spacial score (nSPS) is 16.6. The van der Waals surface area contributed by atoms with E-state index in [1.54, 1.807) is 0 Å². The molecule has 1 aliphatic heterocycles. The van der Waals surface area contributed by atoms with Crippen molar-refractivity contribution in [2.24, 2.45) is 5.92 Å². The van der Waals surface area contributed by atoms with Gasteiger partial charge in [0.15, 0.2) is 0 Å². The van der Waals surface area contributed by atoms with E-state index in [4.69, 9.17) is 0 Å². The number of piperidine rings is 1. The molecule has 3 rings (SSSR count). The predicted molar refractivity (Wildman–Crippen MR) is 88.8 cm³/mol. The van der Waals surface area contributed by atoms with Crippen molar-refractivity contribution in [1.82, 2.24) is 14.5 Å². The van der Waals surface area contributed by atoms with E-state index in [0.717, 1.165) is 31.4 Å². The van der Waals surface area contributed by atoms with Gasteiger partial charge in [-0.3, -0.25) is 4.79 Å². The summed E-state index contributed by atoms with van der Waals surface area (Å²) in [5.74, 6) is 0.741. The molecule has 0 radical (unpaired) electrons. The molecule has 1 fully saturated rings. The number of benzene rings is 1. The van der Waals surface area contributed by atoms with Crippen LogP contribution in [0.4, 0.5) is 0 Å². The number of rotatable bonds is 3. The molecule has 0 spiro atoms. The van der Waals surface area contributed by atoms with E-state index in [2.05, 4.69) is 48.5 Å². The first kappa shape index (κ1) is 15.1. The fraction of sp³-hybridized carbons (Fsp3) is 0.556. The molecule has 118 valence electrons. The third kappa shape index (κ3) is 3.01. The minimum absolute atomic E-state index is 0.305. The van der Waals surface area contributed by atoms with Crippen molar-refractivity contribution in [1.29, 1.82) is 0 Å². The van der Waals surface area contributed by atoms with Crippen LogP contribution in [-0.2, 0) is 4.79 Å². The Kier molecular flexibility index (Phi) is 4.19. The number of imidazole rings is 1. The standard InChI is InChI=1S/C18H25N3O/c1-13(2)10-18(22)20-8-6-15(7-9-20)21-12-19-16-5-4-14(3)11-17(16)21/h4-5,11-13,15H,6-10H2,1-3H3. The second-order valence-corrected chi connectivity index (χ2v) is 6.85. The molecule has 1 amide bonds. The van der Waals surface area contributed by atoms with Crippen molar-refractivity contribution in [3.05, 3.63) is 30.1 Å². The zero-order valence-electron chi connectivity index (χ0n) is 13.7. The molecular weight excluding hydrogens is 274 g/mol. The molecule has 0 atom stereocenters. The summed E-state index contributed by atoms with van der Waals surface area (Å²) in [7, 11) is 0. The largest absolute Gasteiger partial charge is 0.343 e. The Bertz CT molecular complexity index is 666. The average Bonchev–Trinajstić information content (AvgIpc) is 2.89. The molecule has 2 heterocycles. The molecule has 22 heavy (non-hydrogen) atoms. The third-order valence-corrected chi connectivity index (χ3v) is 4.52. The second-order valence-electron chi connectivity index (χ2n) is 6.85. The van der Waals surface area contributed by atoms with Crippen LogP contribution in [0, 0.1) is 12.8 Å². The number of likely N-dealkylation sites (tertiary alicyclic amines) is 1. The Morgan fingerprint density at radius 2 is 2.05 bits per heavy atom. The van der Waals surface area contributed by atoms with Crippen LogP contribution in [0.3, 0.4) is 0 Å². The fourth-order valence-electron chi connectivity index (χ4n) is 3.30. The van der Waals surface area contributed by atoms with Crippen molar-refractivity contribution in [2.75, 3.05) is 13.1 Å². The van der Waals surface area contributed by atoms with Crippen LogP contribution >= 0.6 is 0 Å². The lowest BCUT2D eigenvalue weighted by atomic mass is 10.0. The lowest BCUT2D eigenvalue weighted by Crippen LogP contribution is -2.39. The van der Waals surface area contributed by atoms with Gasteiger partial charge in [-0.05, 0) is 43.4 Å². The molecule has 2 aromatic rings. The first-order chi connectivity index (χ1) is 10.5. The number of hydrogen-bond acceptors (Lipinski definition) is 2. The van der Waals surface area contributed by atoms with Crippen LogP contribution in [0.25, 0.3) is 11.0 Å². The highest BCUT2D eigenvalue weighted by Gasteiger charge is 2.24. The van der Waals surface area contributed by atoms with Gasteiger partial charge in [-0.2, -0.15) is 0 Å². The van der Waals surface area contributed by atoms with Gasteiger partial charge in [0, 0.05) is 25.6 Å². The average molecular weight is 299 g/mol. The van der Waals surface area contributed by atoms with E-state index in [0.29, 0.717) is 24.3 Å². The number of carbonyl (C=O) groups excluding carboxylic acids is 1. The number of amides is 1. The number of aryl methyl sites for hydroxylation is 1. The van der Waals surface area contributed by atoms with Gasteiger partial charge in [-0.25, -0.2) is 4.98 Å². The Balaban J connectivity index is 1.70. The van der Waals surface area contributed by atoms with Crippen LogP contribution in [0.5, 0.6) is 0 Å². The summed E-state index contributed by atoms with van der Waals surface area (Å²) in [5, 5.41) is 0. The van der Waals surface area contributed by atoms with Gasteiger partial charge in [0.05, 0.1) is 17.4 Å². The number of hydrogen-bond donors (Lipinski definition) is 0. The summed E-state index contributed by atoms with van der Waals surface area (Å²) < 4.78 is 2.30. The maximum atomic E-state index is 12.2. The Morgan fingerprint density at radius 1 is 1.32 bits per heavy atom. The van der Waals surface area contributed by atoms with E-state index >= 15 is 0 Å². The molecule has 0 N–H and O–H groups in total. The van der Waals surface area contributed by atoms with Crippen LogP contribution in [0.15, 0.2) is 24.5 Å². The zero-order valence-corrected chi connectivity index (χ0v) is 13.7. The maximum absolute atomic E-state index is 12.2. The molecule has 1 aromatic heterocycles. The molecule has 1 saturated heterocycles. The molecule has 0 saturated carbocycles. The number of aromatic nitrogens is 2. The summed E-state index contributed by atoms with van der Waals surface area (Å²) in [6.45, 7) is 8.04. The fourth-order valence-corrected chi connectivity index (χ4v) is 3.30. The van der Waals surface area contributed by atoms with E-state index in [9.17, 15) is 4.79 Å². The number of carbonyl (C=O) groups is 1. The van der Waals surface area contributed by atoms with Gasteiger partial charge in [0.2, 0.25) is 5.91 Å². The van der Waals surface area contributed by atoms with Crippen molar-refractivity contribution >= 4 is 16.9 Å². The molecule has 4 heteroatoms. The zero-order chi connectivity index (χ0) is 15.7. The molecule has 0 unspecified atom stereocenters. The van der Waals surface area contributed by atoms with Crippen LogP contribution in [-0.4, -0.2) is 33.4 Å². The summed E-state index contributed by atoms with van der Waals surface area (Å²) >= 11 is 0. The molecule has 1 aliphatic rings. The maximum Gasteiger partial charge on any atom is 0.222 e. The molecule has 0 bridgehead atoms. The topological polar surface area (TPSA) is 38.1 Å². The Hall–Kier alpha value is -1.84. The van der Waals surface area contributed by atoms with Gasteiger partial charge in [-0.15, -0.1) is 0 Å². The molecule has 1 aromatic carbocycles. The highest BCUT2D eigenvalue weighted by molar-refractivity contribution is 5.77. The third-order valence-electron chi connectivity index (χ3n) is 4.52. The van der Waals surface area contributed by atoms with Gasteiger partial charge in [0.25, 0.3) is 0 Å². The number of nitrogens with zero attached hydrogens (tertiary/aromatic N) is 3. The lowest BCUT2D eigenvalue weighted by molar-refractivity contribution is -0.133. The van der Waals surface area contributed by atoms with E-state index in [1.807, 2.05) is 11.2 Å². The summed E-state index contributed by atoms with van der Waals surface area (Å²) in [6.07, 6.45) is 4.66. The second kappa shape index (κ2) is 6.11. The van der Waals surface area contributed by atoms with Crippen molar-refractivity contribution in [2.45, 2.75) is 46.1 Å². The molecule has 0 aliphatic carbocycles. The summed E-state index contributed by atoms with van der Waals surface area (Å²) in [4.78, 5) is 18.7. The minimum atomic E-state index is 0.305. The quantitative estimate of drug-likeness (QED) is 0.869. The van der Waals surface area contributed by atoms with Crippen LogP contribution in [0.2, 0.25) is 0 Å². The van der Waals surface area contributed by atoms with Gasteiger partial charge < -0.3 is 9.47 Å². The minimum Gasteiger partial charge on any atom is -0.343 e. The first-order valence-electron chi connectivity index (χ1n) is 8.25. The molecular formula is C18H25N3O. The van der Waals surface area contributed by atoms with Gasteiger partial charge in [-0.1, -0.05) is 19.9 Å². The predicted octanol–water partition coefficient (Wildman–Crippen LogP) is 3.55. The lowest BCUT2D eigenvalue weighted by Gasteiger charge is -2.33. The van der Waals surface area contributed by atoms with Gasteiger partial charge >= 0.3 is 0 Å². The molecule has 4 nitrogen and oxygen atoms in total. The van der Waals surface area contributed by atoms with Crippen molar-refractivity contribution in [3.8, 4) is 0 Å². The van der Waals surface area contributed by atoms with E-state index in [-0.39, 0.29) is 0 Å². The summed E-state index contributed by atoms with van der Waals surface area (Å²) in [5.41, 5.74) is 3.54. The van der Waals surface area contributed by atoms with E-state index in [1.165, 1.54) is 11.1 Å². The van der Waals surface area contributed by atoms with Crippen molar-refractivity contribution in [3.63, 3.8) is 0 Å². The monoisotopic (exact) mass is 299 g/mol. The van der Waals surface area contributed by atoms with Gasteiger partial charge in [0.1, 0.15) is 0 Å². The highest BCUT2D eigenvalue weighted by Crippen LogP contribution is 2.27. The number of fused-ring (bicyclic) bond motifs is 1. The van der Waals surface area contributed by atoms with Crippen molar-refractivity contribution < 1.29 is 4.79 Å². The SMILES string of the molecule is Cc1ccc2ncn(C3CCN(C(=O)CC(C)C)CC3)c2c1. The van der Waals surface area contributed by atoms with E-state index < -0.39 is 0 Å².